The van der Waals surface area contributed by atoms with Gasteiger partial charge in [0, 0.05) is 11.4 Å². The zero-order chi connectivity index (χ0) is 16.2. The van der Waals surface area contributed by atoms with E-state index in [1.54, 1.807) is 11.3 Å². The van der Waals surface area contributed by atoms with E-state index < -0.39 is 0 Å². The summed E-state index contributed by atoms with van der Waals surface area (Å²) < 4.78 is 0. The fourth-order valence-corrected chi connectivity index (χ4v) is 4.81. The van der Waals surface area contributed by atoms with Gasteiger partial charge in [-0.25, -0.2) is 4.98 Å². The molecule has 3 rings (SSSR count). The lowest BCUT2D eigenvalue weighted by Gasteiger charge is -2.04. The van der Waals surface area contributed by atoms with Gasteiger partial charge in [-0.1, -0.05) is 13.3 Å². The van der Waals surface area contributed by atoms with Crippen LogP contribution < -0.4 is 10.9 Å². The molecule has 0 saturated carbocycles. The van der Waals surface area contributed by atoms with Crippen molar-refractivity contribution < 1.29 is 4.79 Å². The average molecular weight is 351 g/mol. The van der Waals surface area contributed by atoms with Crippen molar-refractivity contribution >= 4 is 39.2 Å². The second-order valence-electron chi connectivity index (χ2n) is 5.75. The quantitative estimate of drug-likeness (QED) is 0.752. The molecule has 5 nitrogen and oxygen atoms in total. The van der Waals surface area contributed by atoms with E-state index in [-0.39, 0.29) is 11.5 Å². The number of rotatable bonds is 7. The van der Waals surface area contributed by atoms with Crippen molar-refractivity contribution in [3.8, 4) is 0 Å². The van der Waals surface area contributed by atoms with Gasteiger partial charge in [0.2, 0.25) is 5.91 Å². The Hall–Kier alpha value is -1.34. The van der Waals surface area contributed by atoms with Crippen LogP contribution in [0, 0.1) is 0 Å². The van der Waals surface area contributed by atoms with E-state index in [0.717, 1.165) is 48.9 Å². The Labute approximate surface area is 143 Å². The number of thiophene rings is 1. The number of nitrogens with zero attached hydrogens (tertiary/aromatic N) is 1. The number of carbonyl (C=O) groups is 1. The molecular weight excluding hydrogens is 330 g/mol. The highest BCUT2D eigenvalue weighted by atomic mass is 32.2. The summed E-state index contributed by atoms with van der Waals surface area (Å²) in [6.45, 7) is 2.83. The molecule has 0 aliphatic heterocycles. The smallest absolute Gasteiger partial charge is 0.259 e. The SMILES string of the molecule is CCCCNC(=O)CSCc1nc2sc3c(c2c(=O)[nH]1)CCC3. The number of aryl methyl sites for hydroxylation is 2. The molecule has 0 radical (unpaired) electrons. The fourth-order valence-electron chi connectivity index (χ4n) is 2.81. The monoisotopic (exact) mass is 351 g/mol. The molecule has 2 aromatic heterocycles. The standard InChI is InChI=1S/C16H21N3O2S2/c1-2-3-7-17-13(20)9-22-8-12-18-15(21)14-10-5-4-6-11(10)23-16(14)19-12/h2-9H2,1H3,(H,17,20)(H,18,19,21). The molecule has 1 amide bonds. The lowest BCUT2D eigenvalue weighted by molar-refractivity contribution is -0.118. The lowest BCUT2D eigenvalue weighted by Crippen LogP contribution is -2.26. The predicted octanol–water partition coefficient (Wildman–Crippen LogP) is 2.62. The maximum Gasteiger partial charge on any atom is 0.259 e. The highest BCUT2D eigenvalue weighted by Crippen LogP contribution is 2.34. The second-order valence-corrected chi connectivity index (χ2v) is 7.82. The van der Waals surface area contributed by atoms with Crippen LogP contribution in [-0.4, -0.2) is 28.2 Å². The van der Waals surface area contributed by atoms with Gasteiger partial charge in [-0.05, 0) is 31.2 Å². The Bertz CT molecular complexity index is 767. The summed E-state index contributed by atoms with van der Waals surface area (Å²) in [7, 11) is 0. The molecule has 23 heavy (non-hydrogen) atoms. The number of hydrogen-bond acceptors (Lipinski definition) is 5. The zero-order valence-corrected chi connectivity index (χ0v) is 14.9. The number of nitrogens with one attached hydrogen (secondary N) is 2. The number of hydrogen-bond donors (Lipinski definition) is 2. The minimum Gasteiger partial charge on any atom is -0.355 e. The minimum atomic E-state index is -0.0302. The van der Waals surface area contributed by atoms with Crippen LogP contribution in [0.2, 0.25) is 0 Å². The van der Waals surface area contributed by atoms with Gasteiger partial charge in [0.25, 0.3) is 5.56 Å². The molecule has 2 heterocycles. The largest absolute Gasteiger partial charge is 0.355 e. The Morgan fingerprint density at radius 3 is 3.13 bits per heavy atom. The molecule has 0 atom stereocenters. The van der Waals surface area contributed by atoms with Gasteiger partial charge in [-0.2, -0.15) is 0 Å². The van der Waals surface area contributed by atoms with E-state index >= 15 is 0 Å². The van der Waals surface area contributed by atoms with Gasteiger partial charge in [-0.15, -0.1) is 23.1 Å². The van der Waals surface area contributed by atoms with Crippen molar-refractivity contribution in [1.82, 2.24) is 15.3 Å². The molecule has 124 valence electrons. The van der Waals surface area contributed by atoms with E-state index in [0.29, 0.717) is 17.3 Å². The topological polar surface area (TPSA) is 74.8 Å². The molecule has 1 aliphatic carbocycles. The Morgan fingerprint density at radius 1 is 1.43 bits per heavy atom. The van der Waals surface area contributed by atoms with E-state index in [1.165, 1.54) is 22.2 Å². The van der Waals surface area contributed by atoms with Gasteiger partial charge in [0.15, 0.2) is 0 Å². The van der Waals surface area contributed by atoms with Crippen LogP contribution in [0.3, 0.4) is 0 Å². The van der Waals surface area contributed by atoms with Crippen molar-refractivity contribution in [2.45, 2.75) is 44.8 Å². The van der Waals surface area contributed by atoms with Gasteiger partial charge in [0.05, 0.1) is 16.9 Å². The highest BCUT2D eigenvalue weighted by molar-refractivity contribution is 7.99. The molecule has 1 aliphatic rings. The van der Waals surface area contributed by atoms with Crippen LogP contribution in [-0.2, 0) is 23.4 Å². The van der Waals surface area contributed by atoms with Gasteiger partial charge in [-0.3, -0.25) is 9.59 Å². The van der Waals surface area contributed by atoms with Crippen LogP contribution >= 0.6 is 23.1 Å². The highest BCUT2D eigenvalue weighted by Gasteiger charge is 2.21. The Balaban J connectivity index is 1.61. The maximum absolute atomic E-state index is 12.3. The van der Waals surface area contributed by atoms with Crippen molar-refractivity contribution in [3.05, 3.63) is 26.6 Å². The molecule has 2 aromatic rings. The molecule has 0 saturated heterocycles. The number of fused-ring (bicyclic) bond motifs is 3. The fraction of sp³-hybridized carbons (Fsp3) is 0.562. The second kappa shape index (κ2) is 7.49. The summed E-state index contributed by atoms with van der Waals surface area (Å²) in [5.74, 6) is 1.65. The van der Waals surface area contributed by atoms with E-state index in [9.17, 15) is 9.59 Å². The van der Waals surface area contributed by atoms with Crippen LogP contribution in [0.25, 0.3) is 10.2 Å². The van der Waals surface area contributed by atoms with Gasteiger partial charge < -0.3 is 10.3 Å². The number of carbonyl (C=O) groups excluding carboxylic acids is 1. The van der Waals surface area contributed by atoms with Crippen LogP contribution in [0.5, 0.6) is 0 Å². The molecule has 0 aromatic carbocycles. The van der Waals surface area contributed by atoms with E-state index in [2.05, 4.69) is 22.2 Å². The first-order valence-electron chi connectivity index (χ1n) is 8.07. The van der Waals surface area contributed by atoms with Crippen LogP contribution in [0.1, 0.15) is 42.5 Å². The number of aromatic amines is 1. The van der Waals surface area contributed by atoms with Crippen molar-refractivity contribution in [1.29, 1.82) is 0 Å². The van der Waals surface area contributed by atoms with Crippen LogP contribution in [0.4, 0.5) is 0 Å². The third-order valence-electron chi connectivity index (χ3n) is 3.95. The summed E-state index contributed by atoms with van der Waals surface area (Å²) in [4.78, 5) is 33.6. The predicted molar refractivity (Wildman–Crippen MR) is 96.3 cm³/mol. The molecule has 0 spiro atoms. The van der Waals surface area contributed by atoms with Crippen LogP contribution in [0.15, 0.2) is 4.79 Å². The third kappa shape index (κ3) is 3.77. The molecule has 0 fully saturated rings. The summed E-state index contributed by atoms with van der Waals surface area (Å²) in [5, 5.41) is 3.67. The first-order chi connectivity index (χ1) is 11.2. The van der Waals surface area contributed by atoms with Gasteiger partial charge in [0.1, 0.15) is 10.7 Å². The molecule has 7 heteroatoms. The maximum atomic E-state index is 12.3. The minimum absolute atomic E-state index is 0.0302. The molecular formula is C16H21N3O2S2. The normalized spacial score (nSPS) is 13.4. The summed E-state index contributed by atoms with van der Waals surface area (Å²) in [5.41, 5.74) is 1.17. The van der Waals surface area contributed by atoms with Gasteiger partial charge >= 0.3 is 0 Å². The number of thioether (sulfide) groups is 1. The number of amides is 1. The number of aromatic nitrogens is 2. The molecule has 0 bridgehead atoms. The van der Waals surface area contributed by atoms with Crippen molar-refractivity contribution in [3.63, 3.8) is 0 Å². The number of H-pyrrole nitrogens is 1. The van der Waals surface area contributed by atoms with E-state index in [1.807, 2.05) is 0 Å². The first kappa shape index (κ1) is 16.5. The van der Waals surface area contributed by atoms with Crippen molar-refractivity contribution in [2.75, 3.05) is 12.3 Å². The zero-order valence-electron chi connectivity index (χ0n) is 13.2. The summed E-state index contributed by atoms with van der Waals surface area (Å²) in [6, 6.07) is 0. The van der Waals surface area contributed by atoms with E-state index in [4.69, 9.17) is 0 Å². The number of unbranched alkanes of at least 4 members (excludes halogenated alkanes) is 1. The molecule has 2 N–H and O–H groups in total. The Morgan fingerprint density at radius 2 is 2.30 bits per heavy atom. The summed E-state index contributed by atoms with van der Waals surface area (Å²) >= 11 is 3.13. The molecule has 0 unspecified atom stereocenters. The lowest BCUT2D eigenvalue weighted by atomic mass is 10.2. The Kier molecular flexibility index (Phi) is 5.38. The van der Waals surface area contributed by atoms with Crippen molar-refractivity contribution in [2.24, 2.45) is 0 Å². The third-order valence-corrected chi connectivity index (χ3v) is 6.08. The first-order valence-corrected chi connectivity index (χ1v) is 10.0. The summed E-state index contributed by atoms with van der Waals surface area (Å²) in [6.07, 6.45) is 5.28. The average Bonchev–Trinajstić information content (AvgIpc) is 3.07.